The van der Waals surface area contributed by atoms with E-state index in [1.165, 1.54) is 6.26 Å². The lowest BCUT2D eigenvalue weighted by molar-refractivity contribution is -0.131. The van der Waals surface area contributed by atoms with Crippen LogP contribution in [0.4, 0.5) is 4.79 Å². The maximum Gasteiger partial charge on any atom is 0.325 e. The first kappa shape index (κ1) is 14.1. The molecular weight excluding hydrogens is 284 g/mol. The number of ketones is 1. The summed E-state index contributed by atoms with van der Waals surface area (Å²) in [7, 11) is 0. The van der Waals surface area contributed by atoms with Gasteiger partial charge in [0.05, 0.1) is 12.8 Å². The molecule has 3 amide bonds. The number of amides is 3. The van der Waals surface area contributed by atoms with E-state index in [4.69, 9.17) is 4.42 Å². The summed E-state index contributed by atoms with van der Waals surface area (Å²) in [5, 5.41) is 2.58. The van der Waals surface area contributed by atoms with Gasteiger partial charge in [-0.05, 0) is 19.1 Å². The fourth-order valence-electron chi connectivity index (χ4n) is 2.43. The summed E-state index contributed by atoms with van der Waals surface area (Å²) >= 11 is 0. The molecule has 2 heterocycles. The number of carbonyl (C=O) groups is 3. The number of Topliss-reactive ketones (excluding diaryl/α,β-unsaturated/α-hetero) is 1. The number of carbonyl (C=O) groups excluding carboxylic acids is 3. The highest BCUT2D eigenvalue weighted by Crippen LogP contribution is 2.29. The molecule has 0 aliphatic carbocycles. The van der Waals surface area contributed by atoms with Gasteiger partial charge < -0.3 is 9.73 Å². The van der Waals surface area contributed by atoms with Crippen molar-refractivity contribution in [3.8, 4) is 0 Å². The smallest absolute Gasteiger partial charge is 0.325 e. The summed E-state index contributed by atoms with van der Waals surface area (Å²) < 4.78 is 5.23. The molecule has 1 N–H and O–H groups in total. The first-order valence-electron chi connectivity index (χ1n) is 6.79. The van der Waals surface area contributed by atoms with Gasteiger partial charge in [0.1, 0.15) is 5.76 Å². The zero-order valence-corrected chi connectivity index (χ0v) is 11.9. The molecule has 1 aliphatic rings. The molecule has 1 unspecified atom stereocenters. The fraction of sp³-hybridized carbons (Fsp3) is 0.188. The molecule has 112 valence electrons. The topological polar surface area (TPSA) is 79.6 Å². The van der Waals surface area contributed by atoms with Crippen LogP contribution in [0.25, 0.3) is 0 Å². The SMILES string of the molecule is CC1(c2ccco2)NC(=O)N(CC(=O)c2ccccc2)C1=O. The predicted molar refractivity (Wildman–Crippen MR) is 77.1 cm³/mol. The number of furan rings is 1. The van der Waals surface area contributed by atoms with Gasteiger partial charge in [0, 0.05) is 5.56 Å². The Kier molecular flexibility index (Phi) is 3.29. The molecule has 1 aliphatic heterocycles. The molecule has 1 saturated heterocycles. The highest BCUT2D eigenvalue weighted by Gasteiger charge is 2.51. The van der Waals surface area contributed by atoms with Gasteiger partial charge in [0.25, 0.3) is 5.91 Å². The molecule has 1 aromatic carbocycles. The van der Waals surface area contributed by atoms with E-state index in [1.54, 1.807) is 49.4 Å². The summed E-state index contributed by atoms with van der Waals surface area (Å²) in [5.41, 5.74) is -0.827. The molecule has 2 aromatic rings. The van der Waals surface area contributed by atoms with E-state index in [9.17, 15) is 14.4 Å². The standard InChI is InChI=1S/C16H14N2O4/c1-16(13-8-5-9-22-13)14(20)18(15(21)17-16)10-12(19)11-6-3-2-4-7-11/h2-9H,10H2,1H3,(H,17,21). The summed E-state index contributed by atoms with van der Waals surface area (Å²) in [6.45, 7) is 1.25. The normalized spacial score (nSPS) is 21.0. The molecule has 0 radical (unpaired) electrons. The van der Waals surface area contributed by atoms with Gasteiger partial charge in [-0.3, -0.25) is 14.5 Å². The van der Waals surface area contributed by atoms with E-state index < -0.39 is 17.5 Å². The Hall–Kier alpha value is -2.89. The number of benzene rings is 1. The van der Waals surface area contributed by atoms with Gasteiger partial charge in [0.15, 0.2) is 11.3 Å². The molecule has 1 fully saturated rings. The van der Waals surface area contributed by atoms with Crippen LogP contribution in [0.2, 0.25) is 0 Å². The van der Waals surface area contributed by atoms with Crippen molar-refractivity contribution in [2.45, 2.75) is 12.5 Å². The third kappa shape index (κ3) is 2.18. The van der Waals surface area contributed by atoms with Crippen molar-refractivity contribution in [1.82, 2.24) is 10.2 Å². The average Bonchev–Trinajstić information content (AvgIpc) is 3.13. The quantitative estimate of drug-likeness (QED) is 0.691. The van der Waals surface area contributed by atoms with Gasteiger partial charge in [-0.1, -0.05) is 30.3 Å². The summed E-state index contributed by atoms with van der Waals surface area (Å²) in [6.07, 6.45) is 1.43. The maximum atomic E-state index is 12.5. The Balaban J connectivity index is 1.82. The Labute approximate surface area is 126 Å². The Morgan fingerprint density at radius 3 is 2.55 bits per heavy atom. The van der Waals surface area contributed by atoms with Crippen LogP contribution in [-0.2, 0) is 10.3 Å². The average molecular weight is 298 g/mol. The van der Waals surface area contributed by atoms with E-state index in [2.05, 4.69) is 5.32 Å². The molecule has 1 aromatic heterocycles. The van der Waals surface area contributed by atoms with E-state index >= 15 is 0 Å². The lowest BCUT2D eigenvalue weighted by Gasteiger charge is -2.18. The first-order chi connectivity index (χ1) is 10.5. The summed E-state index contributed by atoms with van der Waals surface area (Å²) in [6, 6.07) is 11.2. The molecule has 22 heavy (non-hydrogen) atoms. The number of nitrogens with zero attached hydrogens (tertiary/aromatic N) is 1. The minimum absolute atomic E-state index is 0.298. The Morgan fingerprint density at radius 2 is 1.91 bits per heavy atom. The second kappa shape index (κ2) is 5.14. The Bertz CT molecular complexity index is 724. The van der Waals surface area contributed by atoms with Crippen molar-refractivity contribution in [1.29, 1.82) is 0 Å². The van der Waals surface area contributed by atoms with Crippen LogP contribution < -0.4 is 5.32 Å². The van der Waals surface area contributed by atoms with E-state index in [0.29, 0.717) is 11.3 Å². The number of hydrogen-bond acceptors (Lipinski definition) is 4. The highest BCUT2D eigenvalue weighted by molar-refractivity contribution is 6.11. The molecular formula is C16H14N2O4. The van der Waals surface area contributed by atoms with E-state index in [0.717, 1.165) is 4.90 Å². The van der Waals surface area contributed by atoms with Crippen LogP contribution in [0.5, 0.6) is 0 Å². The maximum absolute atomic E-state index is 12.5. The van der Waals surface area contributed by atoms with E-state index in [1.807, 2.05) is 0 Å². The minimum Gasteiger partial charge on any atom is -0.466 e. The van der Waals surface area contributed by atoms with Crippen molar-refractivity contribution >= 4 is 17.7 Å². The molecule has 0 saturated carbocycles. The van der Waals surface area contributed by atoms with Gasteiger partial charge in [0.2, 0.25) is 0 Å². The number of hydrogen-bond donors (Lipinski definition) is 1. The minimum atomic E-state index is -1.28. The van der Waals surface area contributed by atoms with Gasteiger partial charge in [-0.25, -0.2) is 4.79 Å². The zero-order chi connectivity index (χ0) is 15.7. The van der Waals surface area contributed by atoms with Crippen molar-refractivity contribution in [2.75, 3.05) is 6.54 Å². The van der Waals surface area contributed by atoms with Crippen molar-refractivity contribution in [3.05, 3.63) is 60.1 Å². The lowest BCUT2D eigenvalue weighted by atomic mass is 9.99. The van der Waals surface area contributed by atoms with Gasteiger partial charge >= 0.3 is 6.03 Å². The van der Waals surface area contributed by atoms with Gasteiger partial charge in [-0.2, -0.15) is 0 Å². The first-order valence-corrected chi connectivity index (χ1v) is 6.79. The van der Waals surface area contributed by atoms with Crippen LogP contribution in [0.15, 0.2) is 53.1 Å². The zero-order valence-electron chi connectivity index (χ0n) is 11.9. The fourth-order valence-corrected chi connectivity index (χ4v) is 2.43. The molecule has 0 bridgehead atoms. The molecule has 1 atom stereocenters. The number of nitrogens with one attached hydrogen (secondary N) is 1. The van der Waals surface area contributed by atoms with Crippen LogP contribution >= 0.6 is 0 Å². The third-order valence-corrected chi connectivity index (χ3v) is 3.69. The van der Waals surface area contributed by atoms with E-state index in [-0.39, 0.29) is 12.3 Å². The highest BCUT2D eigenvalue weighted by atomic mass is 16.3. The Morgan fingerprint density at radius 1 is 1.18 bits per heavy atom. The second-order valence-corrected chi connectivity index (χ2v) is 5.21. The number of urea groups is 1. The molecule has 3 rings (SSSR count). The monoisotopic (exact) mass is 298 g/mol. The van der Waals surface area contributed by atoms with Crippen molar-refractivity contribution in [2.24, 2.45) is 0 Å². The second-order valence-electron chi connectivity index (χ2n) is 5.21. The molecule has 0 spiro atoms. The third-order valence-electron chi connectivity index (χ3n) is 3.69. The van der Waals surface area contributed by atoms with Crippen molar-refractivity contribution < 1.29 is 18.8 Å². The summed E-state index contributed by atoms with van der Waals surface area (Å²) in [5.74, 6) is -0.468. The molecule has 6 heteroatoms. The van der Waals surface area contributed by atoms with Crippen LogP contribution in [0, 0.1) is 0 Å². The van der Waals surface area contributed by atoms with Gasteiger partial charge in [-0.15, -0.1) is 0 Å². The van der Waals surface area contributed by atoms with Crippen LogP contribution in [-0.4, -0.2) is 29.2 Å². The lowest BCUT2D eigenvalue weighted by Crippen LogP contribution is -2.41. The number of rotatable bonds is 4. The van der Waals surface area contributed by atoms with Crippen LogP contribution in [0.1, 0.15) is 23.0 Å². The number of imide groups is 1. The molecule has 6 nitrogen and oxygen atoms in total. The van der Waals surface area contributed by atoms with Crippen molar-refractivity contribution in [3.63, 3.8) is 0 Å². The predicted octanol–water partition coefficient (Wildman–Crippen LogP) is 1.93. The van der Waals surface area contributed by atoms with Crippen LogP contribution in [0.3, 0.4) is 0 Å². The summed E-state index contributed by atoms with van der Waals surface area (Å²) in [4.78, 5) is 37.7. The largest absolute Gasteiger partial charge is 0.466 e.